The number of rotatable bonds is 5. The van der Waals surface area contributed by atoms with Gasteiger partial charge in [-0.25, -0.2) is 4.39 Å². The molecule has 0 bridgehead atoms. The summed E-state index contributed by atoms with van der Waals surface area (Å²) in [7, 11) is 0. The standard InChI is InChI=1S/C22H29F4N3O/c23-19-12-17(27-16-6-4-15(14-30)5-7-16)13-20(21(19)22(24,25)26)29-10-8-28(9-11-29)18-2-1-3-18/h12-16,18,27H,1-11H2. The number of anilines is 2. The zero-order chi connectivity index (χ0) is 21.3. The molecule has 30 heavy (non-hydrogen) atoms. The minimum absolute atomic E-state index is 0.0423. The number of nitrogens with one attached hydrogen (secondary N) is 1. The van der Waals surface area contributed by atoms with E-state index in [0.717, 1.165) is 50.9 Å². The molecule has 0 amide bonds. The van der Waals surface area contributed by atoms with Crippen molar-refractivity contribution in [2.75, 3.05) is 36.4 Å². The molecule has 1 saturated heterocycles. The molecular formula is C22H29F4N3O. The van der Waals surface area contributed by atoms with Gasteiger partial charge >= 0.3 is 6.18 Å². The summed E-state index contributed by atoms with van der Waals surface area (Å²) < 4.78 is 55.7. The third kappa shape index (κ3) is 4.58. The van der Waals surface area contributed by atoms with Crippen LogP contribution in [0.4, 0.5) is 28.9 Å². The Bertz CT molecular complexity index is 749. The first-order valence-electron chi connectivity index (χ1n) is 11.0. The fraction of sp³-hybridized carbons (Fsp3) is 0.682. The molecule has 2 aliphatic carbocycles. The van der Waals surface area contributed by atoms with E-state index in [0.29, 0.717) is 37.9 Å². The fourth-order valence-electron chi connectivity index (χ4n) is 4.92. The van der Waals surface area contributed by atoms with Gasteiger partial charge in [0.2, 0.25) is 0 Å². The SMILES string of the molecule is O=CC1CCC(Nc2cc(F)c(C(F)(F)F)c(N3CCN(C4CCC4)CC3)c2)CC1. The molecule has 1 N–H and O–H groups in total. The van der Waals surface area contributed by atoms with E-state index in [2.05, 4.69) is 10.2 Å². The number of halogens is 4. The van der Waals surface area contributed by atoms with Gasteiger partial charge in [0.15, 0.2) is 0 Å². The summed E-state index contributed by atoms with van der Waals surface area (Å²) in [5.41, 5.74) is -0.860. The largest absolute Gasteiger partial charge is 0.421 e. The van der Waals surface area contributed by atoms with Crippen LogP contribution < -0.4 is 10.2 Å². The highest BCUT2D eigenvalue weighted by Crippen LogP contribution is 2.41. The highest BCUT2D eigenvalue weighted by atomic mass is 19.4. The Hall–Kier alpha value is -1.83. The average Bonchev–Trinajstić information content (AvgIpc) is 2.66. The van der Waals surface area contributed by atoms with Gasteiger partial charge in [-0.2, -0.15) is 13.2 Å². The second-order valence-corrected chi connectivity index (χ2v) is 8.85. The van der Waals surface area contributed by atoms with E-state index in [1.165, 1.54) is 12.5 Å². The van der Waals surface area contributed by atoms with E-state index in [9.17, 15) is 22.4 Å². The van der Waals surface area contributed by atoms with Gasteiger partial charge in [-0.05, 0) is 50.7 Å². The van der Waals surface area contributed by atoms with Gasteiger partial charge in [0.05, 0.1) is 5.69 Å². The van der Waals surface area contributed by atoms with E-state index < -0.39 is 17.6 Å². The molecular weight excluding hydrogens is 398 g/mol. The molecule has 1 heterocycles. The lowest BCUT2D eigenvalue weighted by Crippen LogP contribution is -2.52. The average molecular weight is 427 g/mol. The van der Waals surface area contributed by atoms with Crippen molar-refractivity contribution in [3.8, 4) is 0 Å². The molecule has 2 saturated carbocycles. The normalized spacial score (nSPS) is 26.3. The van der Waals surface area contributed by atoms with Gasteiger partial charge in [-0.3, -0.25) is 4.90 Å². The van der Waals surface area contributed by atoms with Crippen LogP contribution in [0.3, 0.4) is 0 Å². The van der Waals surface area contributed by atoms with Gasteiger partial charge in [0.25, 0.3) is 0 Å². The van der Waals surface area contributed by atoms with Crippen LogP contribution in [0, 0.1) is 11.7 Å². The van der Waals surface area contributed by atoms with Crippen LogP contribution in [-0.4, -0.2) is 49.4 Å². The molecule has 0 unspecified atom stereocenters. The van der Waals surface area contributed by atoms with Gasteiger partial charge in [0.1, 0.15) is 17.7 Å². The third-order valence-electron chi connectivity index (χ3n) is 6.93. The predicted octanol–water partition coefficient (Wildman–Crippen LogP) is 4.69. The van der Waals surface area contributed by atoms with E-state index in [4.69, 9.17) is 0 Å². The molecule has 0 atom stereocenters. The van der Waals surface area contributed by atoms with Crippen molar-refractivity contribution in [3.63, 3.8) is 0 Å². The Balaban J connectivity index is 1.52. The number of aldehydes is 1. The Morgan fingerprint density at radius 2 is 1.63 bits per heavy atom. The first kappa shape index (κ1) is 21.4. The summed E-state index contributed by atoms with van der Waals surface area (Å²) >= 11 is 0. The highest BCUT2D eigenvalue weighted by Gasteiger charge is 2.40. The molecule has 166 valence electrons. The lowest BCUT2D eigenvalue weighted by atomic mass is 9.87. The maximum Gasteiger partial charge on any atom is 0.421 e. The first-order valence-corrected chi connectivity index (χ1v) is 11.0. The number of piperazine rings is 1. The number of carbonyl (C=O) groups is 1. The first-order chi connectivity index (χ1) is 14.3. The van der Waals surface area contributed by atoms with Gasteiger partial charge in [-0.1, -0.05) is 6.42 Å². The maximum absolute atomic E-state index is 14.7. The molecule has 0 aromatic heterocycles. The summed E-state index contributed by atoms with van der Waals surface area (Å²) in [6, 6.07) is 3.01. The molecule has 8 heteroatoms. The zero-order valence-electron chi connectivity index (χ0n) is 17.1. The second kappa shape index (κ2) is 8.73. The Kier molecular flexibility index (Phi) is 6.23. The van der Waals surface area contributed by atoms with E-state index in [-0.39, 0.29) is 17.6 Å². The number of nitrogens with zero attached hydrogens (tertiary/aromatic N) is 2. The Morgan fingerprint density at radius 1 is 0.967 bits per heavy atom. The van der Waals surface area contributed by atoms with Crippen LogP contribution >= 0.6 is 0 Å². The lowest BCUT2D eigenvalue weighted by Gasteiger charge is -2.44. The van der Waals surface area contributed by atoms with Crippen LogP contribution in [0.5, 0.6) is 0 Å². The molecule has 1 aliphatic heterocycles. The number of carbonyl (C=O) groups excluding carboxylic acids is 1. The molecule has 1 aromatic carbocycles. The zero-order valence-corrected chi connectivity index (χ0v) is 17.1. The maximum atomic E-state index is 14.7. The summed E-state index contributed by atoms with van der Waals surface area (Å²) in [5.74, 6) is -1.18. The summed E-state index contributed by atoms with van der Waals surface area (Å²) in [5, 5.41) is 3.21. The number of hydrogen-bond acceptors (Lipinski definition) is 4. The second-order valence-electron chi connectivity index (χ2n) is 8.85. The molecule has 4 rings (SSSR count). The van der Waals surface area contributed by atoms with E-state index in [1.54, 1.807) is 4.90 Å². The quantitative estimate of drug-likeness (QED) is 0.546. The minimum Gasteiger partial charge on any atom is -0.382 e. The predicted molar refractivity (Wildman–Crippen MR) is 108 cm³/mol. The van der Waals surface area contributed by atoms with E-state index >= 15 is 0 Å². The van der Waals surface area contributed by atoms with Crippen LogP contribution in [0.2, 0.25) is 0 Å². The summed E-state index contributed by atoms with van der Waals surface area (Å²) in [4.78, 5) is 14.9. The highest BCUT2D eigenvalue weighted by molar-refractivity contribution is 5.65. The number of hydrogen-bond donors (Lipinski definition) is 1. The van der Waals surface area contributed by atoms with Crippen LogP contribution in [-0.2, 0) is 11.0 Å². The van der Waals surface area contributed by atoms with Crippen molar-refractivity contribution < 1.29 is 22.4 Å². The van der Waals surface area contributed by atoms with Crippen molar-refractivity contribution in [1.82, 2.24) is 4.90 Å². The van der Waals surface area contributed by atoms with Crippen LogP contribution in [0.1, 0.15) is 50.5 Å². The van der Waals surface area contributed by atoms with Gasteiger partial charge in [0, 0.05) is 49.9 Å². The van der Waals surface area contributed by atoms with Crippen LogP contribution in [0.15, 0.2) is 12.1 Å². The smallest absolute Gasteiger partial charge is 0.382 e. The monoisotopic (exact) mass is 427 g/mol. The van der Waals surface area contributed by atoms with E-state index in [1.807, 2.05) is 0 Å². The topological polar surface area (TPSA) is 35.6 Å². The molecule has 0 radical (unpaired) electrons. The fourth-order valence-corrected chi connectivity index (χ4v) is 4.92. The number of benzene rings is 1. The minimum atomic E-state index is -4.74. The van der Waals surface area contributed by atoms with Crippen molar-refractivity contribution in [2.24, 2.45) is 5.92 Å². The third-order valence-corrected chi connectivity index (χ3v) is 6.93. The lowest BCUT2D eigenvalue weighted by molar-refractivity contribution is -0.139. The van der Waals surface area contributed by atoms with Gasteiger partial charge in [-0.15, -0.1) is 0 Å². The number of alkyl halides is 3. The molecule has 1 aromatic rings. The van der Waals surface area contributed by atoms with Crippen molar-refractivity contribution >= 4 is 17.7 Å². The molecule has 4 nitrogen and oxygen atoms in total. The summed E-state index contributed by atoms with van der Waals surface area (Å²) in [6.45, 7) is 2.34. The van der Waals surface area contributed by atoms with Crippen molar-refractivity contribution in [3.05, 3.63) is 23.5 Å². The summed E-state index contributed by atoms with van der Waals surface area (Å²) in [6.07, 6.45) is 2.77. The Morgan fingerprint density at radius 3 is 2.17 bits per heavy atom. The van der Waals surface area contributed by atoms with Gasteiger partial charge < -0.3 is 15.0 Å². The molecule has 0 spiro atoms. The molecule has 3 fully saturated rings. The van der Waals surface area contributed by atoms with Crippen molar-refractivity contribution in [2.45, 2.75) is 63.2 Å². The Labute approximate surface area is 174 Å². The molecule has 3 aliphatic rings. The van der Waals surface area contributed by atoms with Crippen LogP contribution in [0.25, 0.3) is 0 Å². The van der Waals surface area contributed by atoms with Crippen molar-refractivity contribution in [1.29, 1.82) is 0 Å².